The quantitative estimate of drug-likeness (QED) is 0.487. The second-order valence-corrected chi connectivity index (χ2v) is 6.12. The molecule has 7 heteroatoms. The Morgan fingerprint density at radius 1 is 1.32 bits per heavy atom. The lowest BCUT2D eigenvalue weighted by Crippen LogP contribution is -2.41. The predicted molar refractivity (Wildman–Crippen MR) is 98.7 cm³/mol. The first-order valence-corrected chi connectivity index (χ1v) is 8.36. The van der Waals surface area contributed by atoms with E-state index in [0.29, 0.717) is 49.0 Å². The number of nitrogens with one attached hydrogen (secondary N) is 1. The van der Waals surface area contributed by atoms with Crippen molar-refractivity contribution >= 4 is 24.1 Å². The summed E-state index contributed by atoms with van der Waals surface area (Å²) >= 11 is 0. The van der Waals surface area contributed by atoms with Gasteiger partial charge in [-0.25, -0.2) is 0 Å². The highest BCUT2D eigenvalue weighted by atomic mass is 35.5. The van der Waals surface area contributed by atoms with Gasteiger partial charge in [0.15, 0.2) is 17.3 Å². The lowest BCUT2D eigenvalue weighted by atomic mass is 10.1. The molecule has 1 atom stereocenters. The van der Waals surface area contributed by atoms with Gasteiger partial charge in [-0.05, 0) is 50.3 Å². The zero-order valence-electron chi connectivity index (χ0n) is 14.7. The first-order valence-electron chi connectivity index (χ1n) is 8.36. The molecule has 3 N–H and O–H groups in total. The van der Waals surface area contributed by atoms with Crippen LogP contribution in [0.25, 0.3) is 0 Å². The summed E-state index contributed by atoms with van der Waals surface area (Å²) in [5.74, 6) is 1.63. The summed E-state index contributed by atoms with van der Waals surface area (Å²) in [5.41, 5.74) is 6.26. The Balaban J connectivity index is 0.00000312. The van der Waals surface area contributed by atoms with E-state index in [9.17, 15) is 9.59 Å². The average Bonchev–Trinajstić information content (AvgIpc) is 3.41. The number of hydrogen-bond acceptors (Lipinski definition) is 5. The van der Waals surface area contributed by atoms with Crippen molar-refractivity contribution in [3.05, 3.63) is 23.8 Å². The molecule has 1 saturated carbocycles. The minimum Gasteiger partial charge on any atom is -0.493 e. The van der Waals surface area contributed by atoms with Gasteiger partial charge in [0.05, 0.1) is 13.7 Å². The molecule has 0 aliphatic heterocycles. The lowest BCUT2D eigenvalue weighted by Gasteiger charge is -2.16. The summed E-state index contributed by atoms with van der Waals surface area (Å²) in [7, 11) is 1.53. The maximum absolute atomic E-state index is 11.9. The molecule has 2 rings (SSSR count). The molecule has 0 spiro atoms. The largest absolute Gasteiger partial charge is 0.493 e. The molecule has 0 heterocycles. The van der Waals surface area contributed by atoms with Crippen molar-refractivity contribution in [2.24, 2.45) is 11.7 Å². The van der Waals surface area contributed by atoms with Crippen molar-refractivity contribution in [3.63, 3.8) is 0 Å². The zero-order valence-corrected chi connectivity index (χ0v) is 15.6. The highest BCUT2D eigenvalue weighted by Crippen LogP contribution is 2.32. The van der Waals surface area contributed by atoms with Crippen LogP contribution in [0.5, 0.6) is 11.5 Å². The Morgan fingerprint density at radius 3 is 2.60 bits per heavy atom. The number of amides is 1. The summed E-state index contributed by atoms with van der Waals surface area (Å²) in [6.45, 7) is 2.40. The van der Waals surface area contributed by atoms with Gasteiger partial charge in [-0.3, -0.25) is 9.59 Å². The van der Waals surface area contributed by atoms with E-state index in [1.165, 1.54) is 14.0 Å². The molecular formula is C18H27ClN2O4. The highest BCUT2D eigenvalue weighted by molar-refractivity contribution is 5.94. The van der Waals surface area contributed by atoms with Crippen LogP contribution in [0.15, 0.2) is 18.2 Å². The number of methoxy groups -OCH3 is 1. The Morgan fingerprint density at radius 2 is 2.04 bits per heavy atom. The van der Waals surface area contributed by atoms with Crippen LogP contribution in [0.4, 0.5) is 0 Å². The van der Waals surface area contributed by atoms with Gasteiger partial charge in [0.2, 0.25) is 5.91 Å². The van der Waals surface area contributed by atoms with E-state index >= 15 is 0 Å². The van der Waals surface area contributed by atoms with Gasteiger partial charge in [0.1, 0.15) is 0 Å². The molecule has 1 aromatic carbocycles. The van der Waals surface area contributed by atoms with Crippen LogP contribution < -0.4 is 20.5 Å². The van der Waals surface area contributed by atoms with Crippen LogP contribution in [-0.4, -0.2) is 38.0 Å². The number of halogens is 1. The minimum atomic E-state index is -0.0263. The third-order valence-electron chi connectivity index (χ3n) is 4.17. The van der Waals surface area contributed by atoms with Gasteiger partial charge in [-0.1, -0.05) is 0 Å². The maximum Gasteiger partial charge on any atom is 0.220 e. The van der Waals surface area contributed by atoms with Gasteiger partial charge in [0, 0.05) is 24.6 Å². The molecule has 1 fully saturated rings. The number of nitrogens with two attached hydrogens (primary N) is 1. The summed E-state index contributed by atoms with van der Waals surface area (Å²) in [4.78, 5) is 23.3. The van der Waals surface area contributed by atoms with Crippen LogP contribution in [0.1, 0.15) is 43.0 Å². The summed E-state index contributed by atoms with van der Waals surface area (Å²) in [6.07, 6.45) is 3.31. The smallest absolute Gasteiger partial charge is 0.220 e. The first-order chi connectivity index (χ1) is 11.5. The van der Waals surface area contributed by atoms with E-state index < -0.39 is 0 Å². The van der Waals surface area contributed by atoms with Crippen molar-refractivity contribution in [2.45, 2.75) is 38.6 Å². The van der Waals surface area contributed by atoms with Crippen LogP contribution in [0, 0.1) is 5.92 Å². The average molecular weight is 371 g/mol. The van der Waals surface area contributed by atoms with Gasteiger partial charge in [-0.2, -0.15) is 0 Å². The topological polar surface area (TPSA) is 90.6 Å². The van der Waals surface area contributed by atoms with E-state index in [1.807, 2.05) is 0 Å². The molecule has 6 nitrogen and oxygen atoms in total. The van der Waals surface area contributed by atoms with Gasteiger partial charge >= 0.3 is 0 Å². The monoisotopic (exact) mass is 370 g/mol. The van der Waals surface area contributed by atoms with Gasteiger partial charge in [0.25, 0.3) is 0 Å². The van der Waals surface area contributed by atoms with E-state index in [1.54, 1.807) is 18.2 Å². The standard InChI is InChI=1S/C18H26N2O4.ClH/c1-12(21)14-7-8-16(17(10-14)23-2)24-9-3-4-18(22)20-15(11-19)13-5-6-13;/h7-8,10,13,15H,3-6,9,11,19H2,1-2H3,(H,20,22);1H. The molecule has 1 unspecified atom stereocenters. The SMILES string of the molecule is COc1cc(C(C)=O)ccc1OCCCC(=O)NC(CN)C1CC1.Cl. The predicted octanol–water partition coefficient (Wildman–Crippen LogP) is 2.33. The van der Waals surface area contributed by atoms with Crippen molar-refractivity contribution in [3.8, 4) is 11.5 Å². The molecule has 140 valence electrons. The number of hydrogen-bond donors (Lipinski definition) is 2. The second kappa shape index (κ2) is 10.3. The van der Waals surface area contributed by atoms with Crippen LogP contribution in [-0.2, 0) is 4.79 Å². The number of benzene rings is 1. The molecule has 0 radical (unpaired) electrons. The van der Waals surface area contributed by atoms with Crippen molar-refractivity contribution < 1.29 is 19.1 Å². The van der Waals surface area contributed by atoms with Gasteiger partial charge < -0.3 is 20.5 Å². The molecular weight excluding hydrogens is 344 g/mol. The van der Waals surface area contributed by atoms with Crippen LogP contribution in [0.3, 0.4) is 0 Å². The highest BCUT2D eigenvalue weighted by Gasteiger charge is 2.30. The fourth-order valence-electron chi connectivity index (χ4n) is 2.57. The number of ether oxygens (including phenoxy) is 2. The molecule has 1 aliphatic carbocycles. The van der Waals surface area contributed by atoms with Crippen molar-refractivity contribution in [2.75, 3.05) is 20.3 Å². The molecule has 0 aromatic heterocycles. The van der Waals surface area contributed by atoms with E-state index in [-0.39, 0.29) is 30.1 Å². The van der Waals surface area contributed by atoms with Crippen molar-refractivity contribution in [1.82, 2.24) is 5.32 Å². The fraction of sp³-hybridized carbons (Fsp3) is 0.556. The minimum absolute atomic E-state index is 0. The summed E-state index contributed by atoms with van der Waals surface area (Å²) < 4.78 is 10.9. The molecule has 0 bridgehead atoms. The molecule has 25 heavy (non-hydrogen) atoms. The van der Waals surface area contributed by atoms with Crippen LogP contribution in [0.2, 0.25) is 0 Å². The number of Topliss-reactive ketones (excluding diaryl/α,β-unsaturated/α-hetero) is 1. The van der Waals surface area contributed by atoms with Gasteiger partial charge in [-0.15, -0.1) is 12.4 Å². The Bertz CT molecular complexity index is 590. The Labute approximate surface area is 154 Å². The normalized spacial score (nSPS) is 14.2. The van der Waals surface area contributed by atoms with Crippen LogP contribution >= 0.6 is 12.4 Å². The van der Waals surface area contributed by atoms with Crippen molar-refractivity contribution in [1.29, 1.82) is 0 Å². The Hall–Kier alpha value is -1.79. The fourth-order valence-corrected chi connectivity index (χ4v) is 2.57. The first kappa shape index (κ1) is 21.3. The summed E-state index contributed by atoms with van der Waals surface area (Å²) in [6, 6.07) is 5.19. The Kier molecular flexibility index (Phi) is 8.72. The number of carbonyl (C=O) groups is 2. The number of ketones is 1. The third kappa shape index (κ3) is 6.55. The molecule has 1 amide bonds. The number of carbonyl (C=O) groups excluding carboxylic acids is 2. The maximum atomic E-state index is 11.9. The number of rotatable bonds is 10. The molecule has 0 saturated heterocycles. The van der Waals surface area contributed by atoms with E-state index in [4.69, 9.17) is 15.2 Å². The third-order valence-corrected chi connectivity index (χ3v) is 4.17. The molecule has 1 aromatic rings. The summed E-state index contributed by atoms with van der Waals surface area (Å²) in [5, 5.41) is 2.99. The lowest BCUT2D eigenvalue weighted by molar-refractivity contribution is -0.122. The van der Waals surface area contributed by atoms with E-state index in [0.717, 1.165) is 12.8 Å². The second-order valence-electron chi connectivity index (χ2n) is 6.12. The van der Waals surface area contributed by atoms with E-state index in [2.05, 4.69) is 5.32 Å². The zero-order chi connectivity index (χ0) is 17.5. The molecule has 1 aliphatic rings.